The standard InChI is InChI=1S/C27H26O2/c1-27(2,21-13-17-25(18-14-21)28-23-9-5-3-6-10-23)22-15-19-26(20-16-22)29-24-11-7-4-8-12-24/h3,5-7,9-20H,4,8H2,1-2H3. The summed E-state index contributed by atoms with van der Waals surface area (Å²) in [6.07, 6.45) is 8.46. The minimum atomic E-state index is -0.117. The Balaban J connectivity index is 1.47. The lowest BCUT2D eigenvalue weighted by atomic mass is 9.78. The Kier molecular flexibility index (Phi) is 5.53. The van der Waals surface area contributed by atoms with Crippen molar-refractivity contribution < 1.29 is 9.47 Å². The van der Waals surface area contributed by atoms with Crippen LogP contribution in [0.2, 0.25) is 0 Å². The Hall–Kier alpha value is -3.26. The van der Waals surface area contributed by atoms with Gasteiger partial charge in [-0.2, -0.15) is 0 Å². The molecule has 0 aromatic heterocycles. The first-order chi connectivity index (χ1) is 14.1. The average Bonchev–Trinajstić information content (AvgIpc) is 2.76. The fourth-order valence-corrected chi connectivity index (χ4v) is 3.47. The molecule has 3 aromatic carbocycles. The normalized spacial score (nSPS) is 13.7. The number of allylic oxidation sites excluding steroid dienone is 3. The van der Waals surface area contributed by atoms with Crippen LogP contribution in [0.5, 0.6) is 17.2 Å². The number of rotatable bonds is 6. The predicted molar refractivity (Wildman–Crippen MR) is 119 cm³/mol. The van der Waals surface area contributed by atoms with Crippen LogP contribution >= 0.6 is 0 Å². The minimum absolute atomic E-state index is 0.117. The maximum absolute atomic E-state index is 5.96. The van der Waals surface area contributed by atoms with E-state index in [1.54, 1.807) is 0 Å². The van der Waals surface area contributed by atoms with Gasteiger partial charge in [0.15, 0.2) is 0 Å². The third kappa shape index (κ3) is 4.60. The van der Waals surface area contributed by atoms with Crippen molar-refractivity contribution in [1.29, 1.82) is 0 Å². The maximum Gasteiger partial charge on any atom is 0.127 e. The summed E-state index contributed by atoms with van der Waals surface area (Å²) in [6.45, 7) is 4.48. The van der Waals surface area contributed by atoms with Gasteiger partial charge >= 0.3 is 0 Å². The molecule has 0 unspecified atom stereocenters. The highest BCUT2D eigenvalue weighted by atomic mass is 16.5. The van der Waals surface area contributed by atoms with Crippen LogP contribution in [0.4, 0.5) is 0 Å². The summed E-state index contributed by atoms with van der Waals surface area (Å²) in [4.78, 5) is 0. The lowest BCUT2D eigenvalue weighted by molar-refractivity contribution is 0.438. The highest BCUT2D eigenvalue weighted by Crippen LogP contribution is 2.34. The van der Waals surface area contributed by atoms with E-state index in [-0.39, 0.29) is 5.41 Å². The Labute approximate surface area is 173 Å². The second kappa shape index (κ2) is 8.40. The number of hydrogen-bond donors (Lipinski definition) is 0. The van der Waals surface area contributed by atoms with Gasteiger partial charge in [0, 0.05) is 5.41 Å². The predicted octanol–water partition coefficient (Wildman–Crippen LogP) is 7.42. The molecule has 146 valence electrons. The molecule has 3 aromatic rings. The van der Waals surface area contributed by atoms with Crippen LogP contribution in [-0.2, 0) is 5.41 Å². The molecule has 0 bridgehead atoms. The Morgan fingerprint density at radius 1 is 0.621 bits per heavy atom. The number of para-hydroxylation sites is 1. The van der Waals surface area contributed by atoms with E-state index in [0.29, 0.717) is 0 Å². The summed E-state index contributed by atoms with van der Waals surface area (Å²) in [6, 6.07) is 26.6. The third-order valence-corrected chi connectivity index (χ3v) is 5.33. The van der Waals surface area contributed by atoms with Crippen molar-refractivity contribution in [2.24, 2.45) is 0 Å². The summed E-state index contributed by atoms with van der Waals surface area (Å²) in [5.74, 6) is 3.48. The molecule has 0 saturated carbocycles. The molecular formula is C27H26O2. The fourth-order valence-electron chi connectivity index (χ4n) is 3.47. The molecule has 0 amide bonds. The zero-order valence-electron chi connectivity index (χ0n) is 17.0. The monoisotopic (exact) mass is 382 g/mol. The van der Waals surface area contributed by atoms with Crippen molar-refractivity contribution in [1.82, 2.24) is 0 Å². The lowest BCUT2D eigenvalue weighted by Gasteiger charge is -2.26. The van der Waals surface area contributed by atoms with Gasteiger partial charge in [0.25, 0.3) is 0 Å². The molecule has 0 saturated heterocycles. The molecule has 0 radical (unpaired) electrons. The van der Waals surface area contributed by atoms with Crippen LogP contribution in [0.1, 0.15) is 37.8 Å². The van der Waals surface area contributed by atoms with Gasteiger partial charge in [-0.1, -0.05) is 62.4 Å². The van der Waals surface area contributed by atoms with Gasteiger partial charge < -0.3 is 9.47 Å². The quantitative estimate of drug-likeness (QED) is 0.442. The van der Waals surface area contributed by atoms with Crippen molar-refractivity contribution in [2.75, 3.05) is 0 Å². The average molecular weight is 383 g/mol. The van der Waals surface area contributed by atoms with E-state index in [0.717, 1.165) is 35.8 Å². The van der Waals surface area contributed by atoms with Crippen molar-refractivity contribution in [3.8, 4) is 17.2 Å². The van der Waals surface area contributed by atoms with Crippen LogP contribution in [0, 0.1) is 0 Å². The Morgan fingerprint density at radius 2 is 1.17 bits per heavy atom. The molecule has 2 heteroatoms. The first-order valence-electron chi connectivity index (χ1n) is 10.1. The number of hydrogen-bond acceptors (Lipinski definition) is 2. The second-order valence-electron chi connectivity index (χ2n) is 7.78. The van der Waals surface area contributed by atoms with E-state index in [1.807, 2.05) is 60.7 Å². The van der Waals surface area contributed by atoms with Crippen LogP contribution < -0.4 is 9.47 Å². The first kappa shape index (κ1) is 19.1. The van der Waals surface area contributed by atoms with Crippen molar-refractivity contribution >= 4 is 0 Å². The molecular weight excluding hydrogens is 356 g/mol. The Morgan fingerprint density at radius 3 is 1.72 bits per heavy atom. The number of benzene rings is 3. The van der Waals surface area contributed by atoms with Crippen LogP contribution in [0.15, 0.2) is 103 Å². The van der Waals surface area contributed by atoms with Crippen LogP contribution in [0.3, 0.4) is 0 Å². The molecule has 4 rings (SSSR count). The van der Waals surface area contributed by atoms with E-state index >= 15 is 0 Å². The summed E-state index contributed by atoms with van der Waals surface area (Å²) in [7, 11) is 0. The van der Waals surface area contributed by atoms with Crippen LogP contribution in [0.25, 0.3) is 0 Å². The fraction of sp³-hybridized carbons (Fsp3) is 0.185. The molecule has 1 aliphatic rings. The smallest absolute Gasteiger partial charge is 0.127 e. The highest BCUT2D eigenvalue weighted by molar-refractivity contribution is 5.43. The first-order valence-corrected chi connectivity index (χ1v) is 10.1. The van der Waals surface area contributed by atoms with E-state index in [4.69, 9.17) is 9.47 Å². The van der Waals surface area contributed by atoms with Crippen LogP contribution in [-0.4, -0.2) is 0 Å². The molecule has 1 aliphatic carbocycles. The summed E-state index contributed by atoms with van der Waals surface area (Å²) >= 11 is 0. The molecule has 2 nitrogen and oxygen atoms in total. The largest absolute Gasteiger partial charge is 0.458 e. The molecule has 0 aliphatic heterocycles. The van der Waals surface area contributed by atoms with Crippen molar-refractivity contribution in [3.63, 3.8) is 0 Å². The molecule has 0 heterocycles. The summed E-state index contributed by atoms with van der Waals surface area (Å²) < 4.78 is 11.9. The highest BCUT2D eigenvalue weighted by Gasteiger charge is 2.23. The van der Waals surface area contributed by atoms with Gasteiger partial charge in [-0.3, -0.25) is 0 Å². The summed E-state index contributed by atoms with van der Waals surface area (Å²) in [5.41, 5.74) is 2.37. The van der Waals surface area contributed by atoms with Gasteiger partial charge in [-0.25, -0.2) is 0 Å². The van der Waals surface area contributed by atoms with Crippen molar-refractivity contribution in [3.05, 3.63) is 114 Å². The lowest BCUT2D eigenvalue weighted by Crippen LogP contribution is -2.18. The molecule has 0 atom stereocenters. The van der Waals surface area contributed by atoms with Gasteiger partial charge in [0.2, 0.25) is 0 Å². The van der Waals surface area contributed by atoms with E-state index in [2.05, 4.69) is 50.3 Å². The zero-order valence-corrected chi connectivity index (χ0v) is 17.0. The van der Waals surface area contributed by atoms with E-state index in [9.17, 15) is 0 Å². The van der Waals surface area contributed by atoms with E-state index in [1.165, 1.54) is 11.1 Å². The van der Waals surface area contributed by atoms with Gasteiger partial charge in [0.1, 0.15) is 23.0 Å². The molecule has 0 fully saturated rings. The molecule has 0 spiro atoms. The second-order valence-corrected chi connectivity index (χ2v) is 7.78. The van der Waals surface area contributed by atoms with Gasteiger partial charge in [0.05, 0.1) is 0 Å². The number of ether oxygens (including phenoxy) is 2. The third-order valence-electron chi connectivity index (χ3n) is 5.33. The van der Waals surface area contributed by atoms with Gasteiger partial charge in [-0.15, -0.1) is 0 Å². The zero-order chi connectivity index (χ0) is 20.1. The maximum atomic E-state index is 5.96. The Bertz CT molecular complexity index is 995. The van der Waals surface area contributed by atoms with Crippen molar-refractivity contribution in [2.45, 2.75) is 32.1 Å². The van der Waals surface area contributed by atoms with Gasteiger partial charge in [-0.05, 0) is 72.5 Å². The van der Waals surface area contributed by atoms with E-state index < -0.39 is 0 Å². The minimum Gasteiger partial charge on any atom is -0.458 e. The topological polar surface area (TPSA) is 18.5 Å². The SMILES string of the molecule is CC(C)(c1ccc(OC2=CCCC=C2)cc1)c1ccc(Oc2ccccc2)cc1. The molecule has 29 heavy (non-hydrogen) atoms. The molecule has 0 N–H and O–H groups in total. The summed E-state index contributed by atoms with van der Waals surface area (Å²) in [5, 5.41) is 0.